The first-order valence-corrected chi connectivity index (χ1v) is 4.48. The maximum Gasteiger partial charge on any atom is 0.0790 e. The highest BCUT2D eigenvalue weighted by Gasteiger charge is 1.91. The predicted octanol–water partition coefficient (Wildman–Crippen LogP) is 2.23. The maximum absolute atomic E-state index is 3.79. The van der Waals surface area contributed by atoms with Crippen molar-refractivity contribution < 1.29 is 0 Å². The van der Waals surface area contributed by atoms with Gasteiger partial charge in [0.15, 0.2) is 0 Å². The van der Waals surface area contributed by atoms with Crippen LogP contribution in [0.25, 0.3) is 0 Å². The molecule has 0 radical (unpaired) electrons. The van der Waals surface area contributed by atoms with E-state index in [2.05, 4.69) is 47.6 Å². The van der Waals surface area contributed by atoms with Gasteiger partial charge in [0.25, 0.3) is 0 Å². The van der Waals surface area contributed by atoms with E-state index in [-0.39, 0.29) is 0 Å². The lowest BCUT2D eigenvalue weighted by molar-refractivity contribution is 1.90. The second kappa shape index (κ2) is 4.41. The van der Waals surface area contributed by atoms with Crippen molar-refractivity contribution in [1.29, 1.82) is 0 Å². The van der Waals surface area contributed by atoms with Gasteiger partial charge < -0.3 is 0 Å². The molecule has 0 atom stereocenters. The van der Waals surface area contributed by atoms with E-state index in [0.717, 1.165) is 9.75 Å². The largest absolute Gasteiger partial charge is 0.118 e. The van der Waals surface area contributed by atoms with Crippen molar-refractivity contribution in [3.63, 3.8) is 0 Å². The molecular weight excluding hydrogens is 192 g/mol. The zero-order chi connectivity index (χ0) is 8.10. The molecule has 0 aliphatic carbocycles. The summed E-state index contributed by atoms with van der Waals surface area (Å²) in [6, 6.07) is 3.84. The highest BCUT2D eigenvalue weighted by Crippen LogP contribution is 2.13. The van der Waals surface area contributed by atoms with Crippen LogP contribution in [0.5, 0.6) is 0 Å². The molecule has 0 aliphatic rings. The normalized spacial score (nSPS) is 7.45. The summed E-state index contributed by atoms with van der Waals surface area (Å²) in [5.41, 5.74) is 0. The van der Waals surface area contributed by atoms with Gasteiger partial charge in [-0.15, -0.1) is 11.3 Å². The molecule has 1 aromatic heterocycles. The molecule has 54 valence electrons. The quantitative estimate of drug-likeness (QED) is 0.461. The van der Waals surface area contributed by atoms with Gasteiger partial charge in [0.1, 0.15) is 0 Å². The van der Waals surface area contributed by atoms with Gasteiger partial charge in [-0.05, 0) is 34.5 Å². The molecule has 0 aromatic carbocycles. The van der Waals surface area contributed by atoms with Crippen molar-refractivity contribution in [2.75, 3.05) is 0 Å². The van der Waals surface area contributed by atoms with Crippen molar-refractivity contribution in [2.45, 2.75) is 0 Å². The number of thiol groups is 2. The van der Waals surface area contributed by atoms with Gasteiger partial charge in [-0.2, -0.15) is 0 Å². The van der Waals surface area contributed by atoms with Gasteiger partial charge in [0.2, 0.25) is 0 Å². The fourth-order valence-electron chi connectivity index (χ4n) is 0.582. The van der Waals surface area contributed by atoms with Crippen LogP contribution < -0.4 is 0 Å². The Morgan fingerprint density at radius 2 is 1.45 bits per heavy atom. The van der Waals surface area contributed by atoms with E-state index in [1.165, 1.54) is 11.3 Å². The van der Waals surface area contributed by atoms with Crippen LogP contribution >= 0.6 is 36.6 Å². The van der Waals surface area contributed by atoms with Crippen molar-refractivity contribution in [3.8, 4) is 22.3 Å². The first kappa shape index (κ1) is 8.62. The summed E-state index contributed by atoms with van der Waals surface area (Å²) in [7, 11) is 0. The minimum atomic E-state index is 0.978. The van der Waals surface area contributed by atoms with E-state index in [0.29, 0.717) is 0 Å². The molecule has 0 N–H and O–H groups in total. The number of hydrogen-bond acceptors (Lipinski definition) is 3. The summed E-state index contributed by atoms with van der Waals surface area (Å²) >= 11 is 9.11. The molecule has 3 heteroatoms. The molecule has 0 fully saturated rings. The number of rotatable bonds is 0. The average molecular weight is 196 g/mol. The maximum atomic E-state index is 3.79. The summed E-state index contributed by atoms with van der Waals surface area (Å²) in [5.74, 6) is 5.65. The summed E-state index contributed by atoms with van der Waals surface area (Å²) in [4.78, 5) is 1.96. The molecule has 0 saturated heterocycles. The van der Waals surface area contributed by atoms with Crippen LogP contribution in [0.1, 0.15) is 9.75 Å². The predicted molar refractivity (Wildman–Crippen MR) is 56.0 cm³/mol. The molecule has 0 bridgehead atoms. The molecule has 0 unspecified atom stereocenters. The topological polar surface area (TPSA) is 0 Å². The summed E-state index contributed by atoms with van der Waals surface area (Å²) in [6.45, 7) is 0. The number of thiophene rings is 1. The molecular formula is C8H4S3. The second-order valence-corrected chi connectivity index (χ2v) is 3.17. The van der Waals surface area contributed by atoms with E-state index in [1.54, 1.807) is 0 Å². The van der Waals surface area contributed by atoms with E-state index < -0.39 is 0 Å². The van der Waals surface area contributed by atoms with Gasteiger partial charge in [0, 0.05) is 0 Å². The summed E-state index contributed by atoms with van der Waals surface area (Å²) in [6.07, 6.45) is 0. The van der Waals surface area contributed by atoms with Crippen LogP contribution in [0, 0.1) is 22.3 Å². The molecule has 0 saturated carbocycles. The first-order chi connectivity index (χ1) is 5.36. The van der Waals surface area contributed by atoms with Crippen LogP contribution in [0.2, 0.25) is 0 Å². The smallest absolute Gasteiger partial charge is 0.0790 e. The zero-order valence-corrected chi connectivity index (χ0v) is 8.06. The first-order valence-electron chi connectivity index (χ1n) is 2.77. The van der Waals surface area contributed by atoms with Gasteiger partial charge in [-0.3, -0.25) is 0 Å². The van der Waals surface area contributed by atoms with E-state index >= 15 is 0 Å². The molecule has 1 aromatic rings. The molecule has 11 heavy (non-hydrogen) atoms. The molecule has 0 aliphatic heterocycles. The van der Waals surface area contributed by atoms with Gasteiger partial charge in [0.05, 0.1) is 9.75 Å². The van der Waals surface area contributed by atoms with E-state index in [9.17, 15) is 0 Å². The molecule has 0 nitrogen and oxygen atoms in total. The second-order valence-electron chi connectivity index (χ2n) is 1.64. The van der Waals surface area contributed by atoms with Gasteiger partial charge >= 0.3 is 0 Å². The third kappa shape index (κ3) is 2.55. The van der Waals surface area contributed by atoms with Gasteiger partial charge in [-0.1, -0.05) is 25.3 Å². The molecule has 0 amide bonds. The average Bonchev–Trinajstić information content (AvgIpc) is 2.38. The van der Waals surface area contributed by atoms with Crippen LogP contribution in [0.3, 0.4) is 0 Å². The minimum Gasteiger partial charge on any atom is -0.118 e. The number of hydrogen-bond donors (Lipinski definition) is 2. The Morgan fingerprint density at radius 3 is 1.82 bits per heavy atom. The third-order valence-corrected chi connectivity index (χ3v) is 2.10. The fourth-order valence-corrected chi connectivity index (χ4v) is 1.69. The lowest BCUT2D eigenvalue weighted by atomic mass is 10.4. The van der Waals surface area contributed by atoms with Crippen molar-refractivity contribution >= 4 is 36.6 Å². The lowest BCUT2D eigenvalue weighted by Crippen LogP contribution is -1.55. The minimum absolute atomic E-state index is 0.978. The Morgan fingerprint density at radius 1 is 1.00 bits per heavy atom. The van der Waals surface area contributed by atoms with Crippen LogP contribution in [0.15, 0.2) is 12.1 Å². The highest BCUT2D eigenvalue weighted by molar-refractivity contribution is 7.85. The summed E-state index contributed by atoms with van der Waals surface area (Å²) < 4.78 is 0. The van der Waals surface area contributed by atoms with Crippen LogP contribution in [-0.4, -0.2) is 0 Å². The lowest BCUT2D eigenvalue weighted by Gasteiger charge is -1.73. The molecule has 0 spiro atoms. The van der Waals surface area contributed by atoms with Gasteiger partial charge in [-0.25, -0.2) is 0 Å². The van der Waals surface area contributed by atoms with Crippen LogP contribution in [-0.2, 0) is 0 Å². The van der Waals surface area contributed by atoms with Crippen molar-refractivity contribution in [1.82, 2.24) is 0 Å². The van der Waals surface area contributed by atoms with E-state index in [1.807, 2.05) is 12.1 Å². The van der Waals surface area contributed by atoms with Crippen molar-refractivity contribution in [3.05, 3.63) is 21.9 Å². The fraction of sp³-hybridized carbons (Fsp3) is 0. The molecule has 1 rings (SSSR count). The zero-order valence-electron chi connectivity index (χ0n) is 5.46. The standard InChI is InChI=1S/C8H4S3/c9-5-3-7-1-2-8(11-7)4-6-10/h1-2,9-10H. The van der Waals surface area contributed by atoms with Crippen LogP contribution in [0.4, 0.5) is 0 Å². The SMILES string of the molecule is SC#Cc1ccc(C#CS)s1. The Kier molecular flexibility index (Phi) is 3.45. The third-order valence-electron chi connectivity index (χ3n) is 0.964. The monoisotopic (exact) mass is 196 g/mol. The van der Waals surface area contributed by atoms with E-state index in [4.69, 9.17) is 0 Å². The Balaban J connectivity index is 2.93. The summed E-state index contributed by atoms with van der Waals surface area (Å²) in [5, 5.41) is 5.05. The molecule has 1 heterocycles. The highest BCUT2D eigenvalue weighted by atomic mass is 32.1. The Bertz CT molecular complexity index is 319. The van der Waals surface area contributed by atoms with Crippen molar-refractivity contribution in [2.24, 2.45) is 0 Å². The Hall–Kier alpha value is -0.480. The Labute approximate surface area is 80.8 Å².